The number of rotatable bonds is 2. The van der Waals surface area contributed by atoms with Gasteiger partial charge in [0.15, 0.2) is 5.78 Å². The predicted molar refractivity (Wildman–Crippen MR) is 109 cm³/mol. The SMILES string of the molecule is Cc1c(-c2ccnc(N)n2)c2c(n1-c1ccccc1)C(=O)c1ccccc1C2=O. The molecule has 0 bridgehead atoms. The van der Waals surface area contributed by atoms with E-state index in [2.05, 4.69) is 9.97 Å². The topological polar surface area (TPSA) is 90.9 Å². The zero-order valence-electron chi connectivity index (χ0n) is 15.6. The Bertz CT molecular complexity index is 1310. The number of nitrogens with zero attached hydrogens (tertiary/aromatic N) is 3. The number of ketones is 2. The predicted octanol–water partition coefficient (Wildman–Crippen LogP) is 3.60. The van der Waals surface area contributed by atoms with E-state index in [0.717, 1.165) is 11.4 Å². The van der Waals surface area contributed by atoms with Crippen molar-refractivity contribution in [2.45, 2.75) is 6.92 Å². The first-order valence-corrected chi connectivity index (χ1v) is 9.16. The highest BCUT2D eigenvalue weighted by molar-refractivity contribution is 6.30. The Kier molecular flexibility index (Phi) is 3.67. The van der Waals surface area contributed by atoms with Crippen molar-refractivity contribution in [3.63, 3.8) is 0 Å². The van der Waals surface area contributed by atoms with Crippen LogP contribution in [0.3, 0.4) is 0 Å². The fourth-order valence-corrected chi connectivity index (χ4v) is 3.99. The van der Waals surface area contributed by atoms with Crippen LogP contribution < -0.4 is 5.73 Å². The van der Waals surface area contributed by atoms with Crippen molar-refractivity contribution in [2.75, 3.05) is 5.73 Å². The summed E-state index contributed by atoms with van der Waals surface area (Å²) in [4.78, 5) is 35.2. The molecule has 0 fully saturated rings. The van der Waals surface area contributed by atoms with Gasteiger partial charge in [-0.05, 0) is 25.1 Å². The van der Waals surface area contributed by atoms with Crippen molar-refractivity contribution in [1.29, 1.82) is 0 Å². The minimum absolute atomic E-state index is 0.109. The molecule has 6 heteroatoms. The molecule has 6 nitrogen and oxygen atoms in total. The second-order valence-electron chi connectivity index (χ2n) is 6.86. The minimum atomic E-state index is -0.194. The molecule has 4 aromatic rings. The van der Waals surface area contributed by atoms with Crippen molar-refractivity contribution in [2.24, 2.45) is 0 Å². The van der Waals surface area contributed by atoms with Crippen LogP contribution in [0.5, 0.6) is 0 Å². The van der Waals surface area contributed by atoms with Crippen LogP contribution in [0.2, 0.25) is 0 Å². The van der Waals surface area contributed by atoms with E-state index in [4.69, 9.17) is 5.73 Å². The standard InChI is InChI=1S/C23H16N4O2/c1-13-18(17-11-12-25-23(24)26-17)19-20(27(13)14-7-3-2-4-8-14)22(29)16-10-6-5-9-15(16)21(19)28/h2-12H,1H3,(H2,24,25,26). The van der Waals surface area contributed by atoms with Gasteiger partial charge in [0.1, 0.15) is 5.69 Å². The van der Waals surface area contributed by atoms with Crippen LogP contribution in [0, 0.1) is 6.92 Å². The Balaban J connectivity index is 1.91. The molecule has 2 heterocycles. The molecule has 2 aromatic carbocycles. The summed E-state index contributed by atoms with van der Waals surface area (Å²) in [6, 6.07) is 18.1. The molecule has 0 unspecified atom stereocenters. The van der Waals surface area contributed by atoms with Gasteiger partial charge in [0.05, 0.1) is 11.3 Å². The fraction of sp³-hybridized carbons (Fsp3) is 0.0435. The summed E-state index contributed by atoms with van der Waals surface area (Å²) >= 11 is 0. The van der Waals surface area contributed by atoms with Crippen LogP contribution in [0.4, 0.5) is 5.95 Å². The summed E-state index contributed by atoms with van der Waals surface area (Å²) < 4.78 is 1.83. The molecule has 140 valence electrons. The van der Waals surface area contributed by atoms with Gasteiger partial charge < -0.3 is 10.3 Å². The maximum absolute atomic E-state index is 13.5. The molecule has 0 atom stereocenters. The summed E-state index contributed by atoms with van der Waals surface area (Å²) in [5.74, 6) is -0.270. The maximum Gasteiger partial charge on any atom is 0.220 e. The van der Waals surface area contributed by atoms with Gasteiger partial charge in [0.25, 0.3) is 0 Å². The third-order valence-corrected chi connectivity index (χ3v) is 5.21. The molecule has 0 saturated carbocycles. The Morgan fingerprint density at radius 1 is 0.828 bits per heavy atom. The Morgan fingerprint density at radius 3 is 2.17 bits per heavy atom. The van der Waals surface area contributed by atoms with Gasteiger partial charge in [-0.25, -0.2) is 9.97 Å². The van der Waals surface area contributed by atoms with Crippen LogP contribution in [0.25, 0.3) is 16.9 Å². The number of nitrogens with two attached hydrogens (primary N) is 1. The third kappa shape index (κ3) is 2.42. The molecule has 0 aliphatic heterocycles. The molecule has 0 saturated heterocycles. The summed E-state index contributed by atoms with van der Waals surface area (Å²) in [5, 5.41) is 0. The molecule has 1 aliphatic carbocycles. The van der Waals surface area contributed by atoms with Crippen molar-refractivity contribution in [3.05, 3.63) is 94.9 Å². The van der Waals surface area contributed by atoms with E-state index in [1.165, 1.54) is 0 Å². The Morgan fingerprint density at radius 2 is 1.48 bits per heavy atom. The first-order valence-electron chi connectivity index (χ1n) is 9.16. The van der Waals surface area contributed by atoms with Crippen LogP contribution in [-0.2, 0) is 0 Å². The molecular weight excluding hydrogens is 364 g/mol. The van der Waals surface area contributed by atoms with Crippen molar-refractivity contribution in [3.8, 4) is 16.9 Å². The number of anilines is 1. The summed E-state index contributed by atoms with van der Waals surface area (Å²) in [7, 11) is 0. The Labute approximate surface area is 166 Å². The maximum atomic E-state index is 13.5. The van der Waals surface area contributed by atoms with Gasteiger partial charge in [0, 0.05) is 34.3 Å². The highest BCUT2D eigenvalue weighted by Gasteiger charge is 2.38. The molecule has 5 rings (SSSR count). The molecule has 2 aromatic heterocycles. The number of hydrogen-bond donors (Lipinski definition) is 1. The zero-order valence-corrected chi connectivity index (χ0v) is 15.6. The van der Waals surface area contributed by atoms with Gasteiger partial charge in [0.2, 0.25) is 11.7 Å². The van der Waals surface area contributed by atoms with Gasteiger partial charge in [-0.1, -0.05) is 42.5 Å². The Hall–Kier alpha value is -4.06. The summed E-state index contributed by atoms with van der Waals surface area (Å²) in [5.41, 5.74) is 9.98. The zero-order chi connectivity index (χ0) is 20.1. The summed E-state index contributed by atoms with van der Waals surface area (Å²) in [6.07, 6.45) is 1.55. The average Bonchev–Trinajstić information content (AvgIpc) is 3.06. The molecule has 2 N–H and O–H groups in total. The van der Waals surface area contributed by atoms with E-state index in [1.54, 1.807) is 36.5 Å². The number of benzene rings is 2. The second-order valence-corrected chi connectivity index (χ2v) is 6.86. The molecule has 0 amide bonds. The van der Waals surface area contributed by atoms with E-state index in [1.807, 2.05) is 41.8 Å². The number of carbonyl (C=O) groups is 2. The van der Waals surface area contributed by atoms with Crippen molar-refractivity contribution in [1.82, 2.24) is 14.5 Å². The van der Waals surface area contributed by atoms with Crippen LogP contribution in [0.1, 0.15) is 37.7 Å². The van der Waals surface area contributed by atoms with Gasteiger partial charge in [-0.3, -0.25) is 9.59 Å². The fourth-order valence-electron chi connectivity index (χ4n) is 3.99. The minimum Gasteiger partial charge on any atom is -0.368 e. The number of hydrogen-bond acceptors (Lipinski definition) is 5. The molecule has 0 radical (unpaired) electrons. The van der Waals surface area contributed by atoms with Crippen molar-refractivity contribution >= 4 is 17.5 Å². The highest BCUT2D eigenvalue weighted by Crippen LogP contribution is 2.39. The van der Waals surface area contributed by atoms with Gasteiger partial charge in [-0.15, -0.1) is 0 Å². The number of carbonyl (C=O) groups excluding carboxylic acids is 2. The van der Waals surface area contributed by atoms with E-state index in [9.17, 15) is 9.59 Å². The number of para-hydroxylation sites is 1. The largest absolute Gasteiger partial charge is 0.368 e. The summed E-state index contributed by atoms with van der Waals surface area (Å²) in [6.45, 7) is 1.88. The van der Waals surface area contributed by atoms with E-state index < -0.39 is 0 Å². The monoisotopic (exact) mass is 380 g/mol. The second kappa shape index (κ2) is 6.24. The lowest BCUT2D eigenvalue weighted by Gasteiger charge is -2.17. The average molecular weight is 380 g/mol. The molecular formula is C23H16N4O2. The first-order chi connectivity index (χ1) is 14.1. The van der Waals surface area contributed by atoms with Gasteiger partial charge in [-0.2, -0.15) is 0 Å². The first kappa shape index (κ1) is 17.1. The van der Waals surface area contributed by atoms with Crippen LogP contribution in [0.15, 0.2) is 66.9 Å². The van der Waals surface area contributed by atoms with E-state index >= 15 is 0 Å². The van der Waals surface area contributed by atoms with Crippen LogP contribution >= 0.6 is 0 Å². The smallest absolute Gasteiger partial charge is 0.220 e. The van der Waals surface area contributed by atoms with Crippen LogP contribution in [-0.4, -0.2) is 26.1 Å². The lowest BCUT2D eigenvalue weighted by Crippen LogP contribution is -2.22. The normalized spacial score (nSPS) is 12.6. The molecule has 0 spiro atoms. The quantitative estimate of drug-likeness (QED) is 0.505. The number of nitrogen functional groups attached to an aromatic ring is 1. The molecule has 1 aliphatic rings. The van der Waals surface area contributed by atoms with E-state index in [0.29, 0.717) is 33.6 Å². The van der Waals surface area contributed by atoms with Crippen molar-refractivity contribution < 1.29 is 9.59 Å². The molecule has 29 heavy (non-hydrogen) atoms. The number of fused-ring (bicyclic) bond motifs is 2. The lowest BCUT2D eigenvalue weighted by atomic mass is 9.85. The number of aromatic nitrogens is 3. The van der Waals surface area contributed by atoms with E-state index in [-0.39, 0.29) is 17.5 Å². The third-order valence-electron chi connectivity index (χ3n) is 5.21. The van der Waals surface area contributed by atoms with Gasteiger partial charge >= 0.3 is 0 Å². The lowest BCUT2D eigenvalue weighted by molar-refractivity contribution is 0.0975. The highest BCUT2D eigenvalue weighted by atomic mass is 16.1.